The summed E-state index contributed by atoms with van der Waals surface area (Å²) in [5.74, 6) is 0.0404. The highest BCUT2D eigenvalue weighted by molar-refractivity contribution is 7.09. The maximum atomic E-state index is 14.0. The molecule has 0 amide bonds. The van der Waals surface area contributed by atoms with Crippen LogP contribution in [0.25, 0.3) is 0 Å². The molecule has 3 nitrogen and oxygen atoms in total. The van der Waals surface area contributed by atoms with E-state index in [2.05, 4.69) is 9.36 Å². The van der Waals surface area contributed by atoms with Crippen LogP contribution in [-0.4, -0.2) is 15.9 Å². The maximum Gasteiger partial charge on any atom is 0.205 e. The van der Waals surface area contributed by atoms with E-state index in [9.17, 15) is 8.78 Å². The molecule has 1 aliphatic rings. The van der Waals surface area contributed by atoms with Gasteiger partial charge >= 0.3 is 0 Å². The van der Waals surface area contributed by atoms with Gasteiger partial charge < -0.3 is 4.90 Å². The molecule has 1 unspecified atom stereocenters. The molecular formula is C14H15F2N3S. The predicted molar refractivity (Wildman–Crippen MR) is 75.0 cm³/mol. The van der Waals surface area contributed by atoms with Crippen LogP contribution in [0.4, 0.5) is 13.9 Å². The zero-order valence-corrected chi connectivity index (χ0v) is 12.0. The van der Waals surface area contributed by atoms with E-state index in [-0.39, 0.29) is 11.9 Å². The molecule has 2 heterocycles. The summed E-state index contributed by atoms with van der Waals surface area (Å²) in [4.78, 5) is 6.49. The highest BCUT2D eigenvalue weighted by Gasteiger charge is 2.30. The van der Waals surface area contributed by atoms with Gasteiger partial charge in [0.2, 0.25) is 5.13 Å². The second kappa shape index (κ2) is 5.44. The lowest BCUT2D eigenvalue weighted by Crippen LogP contribution is -2.23. The number of aryl methyl sites for hydroxylation is 1. The van der Waals surface area contributed by atoms with Crippen LogP contribution in [0.15, 0.2) is 18.2 Å². The molecule has 1 aliphatic heterocycles. The molecule has 0 N–H and O–H groups in total. The summed E-state index contributed by atoms with van der Waals surface area (Å²) in [5, 5.41) is 0.799. The van der Waals surface area contributed by atoms with Crippen LogP contribution in [0, 0.1) is 11.6 Å². The largest absolute Gasteiger partial charge is 0.340 e. The highest BCUT2D eigenvalue weighted by atomic mass is 32.1. The molecule has 20 heavy (non-hydrogen) atoms. The number of halogens is 2. The first kappa shape index (κ1) is 13.4. The van der Waals surface area contributed by atoms with Crippen molar-refractivity contribution >= 4 is 16.7 Å². The smallest absolute Gasteiger partial charge is 0.205 e. The number of nitrogens with zero attached hydrogens (tertiary/aromatic N) is 3. The van der Waals surface area contributed by atoms with Crippen molar-refractivity contribution in [2.24, 2.45) is 0 Å². The average Bonchev–Trinajstić information content (AvgIpc) is 3.08. The topological polar surface area (TPSA) is 29.0 Å². The second-order valence-electron chi connectivity index (χ2n) is 4.86. The van der Waals surface area contributed by atoms with Crippen molar-refractivity contribution in [2.45, 2.75) is 32.2 Å². The molecule has 1 fully saturated rings. The van der Waals surface area contributed by atoms with Gasteiger partial charge in [-0.3, -0.25) is 0 Å². The third-order valence-electron chi connectivity index (χ3n) is 3.59. The van der Waals surface area contributed by atoms with Crippen LogP contribution in [0.1, 0.15) is 37.2 Å². The van der Waals surface area contributed by atoms with Gasteiger partial charge in [0.1, 0.15) is 17.5 Å². The Hall–Kier alpha value is -1.56. The van der Waals surface area contributed by atoms with Gasteiger partial charge in [-0.2, -0.15) is 4.37 Å². The molecular weight excluding hydrogens is 280 g/mol. The fourth-order valence-corrected chi connectivity index (χ4v) is 3.42. The molecule has 1 aromatic heterocycles. The van der Waals surface area contributed by atoms with Gasteiger partial charge in [-0.25, -0.2) is 13.8 Å². The first-order valence-corrected chi connectivity index (χ1v) is 7.50. The van der Waals surface area contributed by atoms with Gasteiger partial charge in [-0.1, -0.05) is 6.92 Å². The zero-order valence-electron chi connectivity index (χ0n) is 11.1. The number of aromatic nitrogens is 2. The Labute approximate surface area is 120 Å². The lowest BCUT2D eigenvalue weighted by atomic mass is 10.0. The van der Waals surface area contributed by atoms with Gasteiger partial charge in [0.15, 0.2) is 0 Å². The minimum absolute atomic E-state index is 0.150. The summed E-state index contributed by atoms with van der Waals surface area (Å²) in [5.41, 5.74) is 0.413. The molecule has 6 heteroatoms. The zero-order chi connectivity index (χ0) is 14.1. The average molecular weight is 295 g/mol. The molecule has 0 saturated carbocycles. The van der Waals surface area contributed by atoms with Crippen molar-refractivity contribution in [3.63, 3.8) is 0 Å². The molecule has 1 saturated heterocycles. The first-order valence-electron chi connectivity index (χ1n) is 6.73. The first-order chi connectivity index (χ1) is 9.69. The molecule has 1 atom stereocenters. The molecule has 0 aliphatic carbocycles. The van der Waals surface area contributed by atoms with Crippen LogP contribution in [-0.2, 0) is 6.42 Å². The van der Waals surface area contributed by atoms with E-state index < -0.39 is 5.82 Å². The minimum atomic E-state index is -0.403. The number of hydrogen-bond acceptors (Lipinski definition) is 4. The van der Waals surface area contributed by atoms with Crippen molar-refractivity contribution in [3.8, 4) is 0 Å². The summed E-state index contributed by atoms with van der Waals surface area (Å²) in [6.45, 7) is 2.80. The lowest BCUT2D eigenvalue weighted by molar-refractivity contribution is 0.561. The molecule has 3 rings (SSSR count). The summed E-state index contributed by atoms with van der Waals surface area (Å²) in [6, 6.07) is 3.49. The van der Waals surface area contributed by atoms with E-state index in [0.717, 1.165) is 42.8 Å². The molecule has 0 bridgehead atoms. The van der Waals surface area contributed by atoms with E-state index in [4.69, 9.17) is 0 Å². The van der Waals surface area contributed by atoms with Gasteiger partial charge in [-0.15, -0.1) is 0 Å². The summed E-state index contributed by atoms with van der Waals surface area (Å²) in [7, 11) is 0. The fraction of sp³-hybridized carbons (Fsp3) is 0.429. The van der Waals surface area contributed by atoms with Crippen molar-refractivity contribution in [3.05, 3.63) is 41.2 Å². The van der Waals surface area contributed by atoms with E-state index in [1.165, 1.54) is 23.7 Å². The van der Waals surface area contributed by atoms with E-state index in [0.29, 0.717) is 5.56 Å². The van der Waals surface area contributed by atoms with Crippen LogP contribution in [0.3, 0.4) is 0 Å². The molecule has 1 aromatic carbocycles. The number of anilines is 1. The van der Waals surface area contributed by atoms with Crippen molar-refractivity contribution < 1.29 is 8.78 Å². The molecule has 0 spiro atoms. The number of benzene rings is 1. The Kier molecular flexibility index (Phi) is 3.65. The molecule has 106 valence electrons. The normalized spacial score (nSPS) is 18.8. The van der Waals surface area contributed by atoms with Crippen LogP contribution in [0.2, 0.25) is 0 Å². The Balaban J connectivity index is 1.94. The molecule has 0 radical (unpaired) electrons. The quantitative estimate of drug-likeness (QED) is 0.864. The third kappa shape index (κ3) is 2.40. The highest BCUT2D eigenvalue weighted by Crippen LogP contribution is 2.38. The predicted octanol–water partition coefficient (Wildman–Crippen LogP) is 3.72. The summed E-state index contributed by atoms with van der Waals surface area (Å²) >= 11 is 1.33. The Morgan fingerprint density at radius 1 is 1.40 bits per heavy atom. The Morgan fingerprint density at radius 3 is 3.00 bits per heavy atom. The van der Waals surface area contributed by atoms with Gasteiger partial charge in [0, 0.05) is 30.1 Å². The number of hydrogen-bond donors (Lipinski definition) is 0. The monoisotopic (exact) mass is 295 g/mol. The Morgan fingerprint density at radius 2 is 2.25 bits per heavy atom. The summed E-state index contributed by atoms with van der Waals surface area (Å²) < 4.78 is 31.6. The van der Waals surface area contributed by atoms with Gasteiger partial charge in [0.25, 0.3) is 0 Å². The van der Waals surface area contributed by atoms with E-state index in [1.54, 1.807) is 0 Å². The van der Waals surface area contributed by atoms with Crippen molar-refractivity contribution in [1.29, 1.82) is 0 Å². The SMILES string of the molecule is CCc1nsc(N2CCCC2c2cc(F)ccc2F)n1. The standard InChI is InChI=1S/C14H15F2N3S/c1-2-13-17-14(20-18-13)19-7-3-4-12(19)10-8-9(15)5-6-11(10)16/h5-6,8,12H,2-4,7H2,1H3. The second-order valence-corrected chi connectivity index (χ2v) is 5.59. The van der Waals surface area contributed by atoms with Crippen molar-refractivity contribution in [2.75, 3.05) is 11.4 Å². The van der Waals surface area contributed by atoms with Crippen molar-refractivity contribution in [1.82, 2.24) is 9.36 Å². The van der Waals surface area contributed by atoms with Crippen LogP contribution >= 0.6 is 11.5 Å². The Bertz CT molecular complexity index is 614. The fourth-order valence-electron chi connectivity index (χ4n) is 2.59. The third-order valence-corrected chi connectivity index (χ3v) is 4.38. The van der Waals surface area contributed by atoms with Gasteiger partial charge in [-0.05, 0) is 31.0 Å². The van der Waals surface area contributed by atoms with E-state index >= 15 is 0 Å². The summed E-state index contributed by atoms with van der Waals surface area (Å²) in [6.07, 6.45) is 2.53. The lowest BCUT2D eigenvalue weighted by Gasteiger charge is -2.24. The van der Waals surface area contributed by atoms with Crippen LogP contribution in [0.5, 0.6) is 0 Å². The van der Waals surface area contributed by atoms with Gasteiger partial charge in [0.05, 0.1) is 6.04 Å². The van der Waals surface area contributed by atoms with E-state index in [1.807, 2.05) is 11.8 Å². The number of rotatable bonds is 3. The maximum absolute atomic E-state index is 14.0. The van der Waals surface area contributed by atoms with Crippen LogP contribution < -0.4 is 4.90 Å². The molecule has 2 aromatic rings. The minimum Gasteiger partial charge on any atom is -0.340 e.